The minimum absolute atomic E-state index is 0.961. The van der Waals surface area contributed by atoms with Crippen LogP contribution < -0.4 is 5.32 Å². The van der Waals surface area contributed by atoms with E-state index in [1.54, 1.807) is 0 Å². The van der Waals surface area contributed by atoms with Crippen LogP contribution in [0.5, 0.6) is 0 Å². The standard InChI is InChI=1S/C16H25BrN2/c1-14-6-7-16(17)15(12-14)13-18-8-5-11-19-9-3-2-4-10-19/h6-7,12,18H,2-5,8-11,13H2,1H3. The van der Waals surface area contributed by atoms with Gasteiger partial charge in [0.1, 0.15) is 0 Å². The van der Waals surface area contributed by atoms with Crippen LogP contribution in [0.25, 0.3) is 0 Å². The molecule has 2 nitrogen and oxygen atoms in total. The van der Waals surface area contributed by atoms with Crippen molar-refractivity contribution in [2.75, 3.05) is 26.2 Å². The van der Waals surface area contributed by atoms with Crippen molar-refractivity contribution in [3.8, 4) is 0 Å². The van der Waals surface area contributed by atoms with Crippen LogP contribution in [0.2, 0.25) is 0 Å². The molecule has 19 heavy (non-hydrogen) atoms. The van der Waals surface area contributed by atoms with Crippen molar-refractivity contribution in [3.05, 3.63) is 33.8 Å². The molecule has 1 N–H and O–H groups in total. The summed E-state index contributed by atoms with van der Waals surface area (Å²) < 4.78 is 1.21. The van der Waals surface area contributed by atoms with Crippen molar-refractivity contribution in [3.63, 3.8) is 0 Å². The fourth-order valence-corrected chi connectivity index (χ4v) is 3.06. The highest BCUT2D eigenvalue weighted by molar-refractivity contribution is 9.10. The van der Waals surface area contributed by atoms with Crippen molar-refractivity contribution in [2.45, 2.75) is 39.2 Å². The van der Waals surface area contributed by atoms with Crippen LogP contribution >= 0.6 is 15.9 Å². The Balaban J connectivity index is 1.62. The smallest absolute Gasteiger partial charge is 0.0220 e. The van der Waals surface area contributed by atoms with E-state index in [0.717, 1.165) is 13.1 Å². The van der Waals surface area contributed by atoms with E-state index in [0.29, 0.717) is 0 Å². The van der Waals surface area contributed by atoms with Gasteiger partial charge in [-0.15, -0.1) is 0 Å². The Hall–Kier alpha value is -0.380. The number of rotatable bonds is 6. The van der Waals surface area contributed by atoms with Crippen molar-refractivity contribution < 1.29 is 0 Å². The monoisotopic (exact) mass is 324 g/mol. The van der Waals surface area contributed by atoms with Gasteiger partial charge in [0.2, 0.25) is 0 Å². The predicted octanol–water partition coefficient (Wildman–Crippen LogP) is 3.72. The minimum Gasteiger partial charge on any atom is -0.313 e. The zero-order valence-corrected chi connectivity index (χ0v) is 13.5. The second kappa shape index (κ2) is 8.03. The molecule has 1 aromatic carbocycles. The maximum Gasteiger partial charge on any atom is 0.0220 e. The summed E-state index contributed by atoms with van der Waals surface area (Å²) in [5, 5.41) is 3.55. The highest BCUT2D eigenvalue weighted by atomic mass is 79.9. The molecule has 0 radical (unpaired) electrons. The van der Waals surface area contributed by atoms with Crippen LogP contribution in [-0.4, -0.2) is 31.1 Å². The van der Waals surface area contributed by atoms with Crippen molar-refractivity contribution in [2.24, 2.45) is 0 Å². The molecule has 0 aliphatic carbocycles. The molecule has 0 unspecified atom stereocenters. The van der Waals surface area contributed by atoms with Crippen LogP contribution in [-0.2, 0) is 6.54 Å². The third kappa shape index (κ3) is 5.25. The second-order valence-corrected chi connectivity index (χ2v) is 6.38. The molecule has 1 fully saturated rings. The van der Waals surface area contributed by atoms with E-state index in [1.807, 2.05) is 0 Å². The molecular weight excluding hydrogens is 300 g/mol. The Bertz CT molecular complexity index is 386. The summed E-state index contributed by atoms with van der Waals surface area (Å²) >= 11 is 3.61. The van der Waals surface area contributed by atoms with Gasteiger partial charge < -0.3 is 10.2 Å². The highest BCUT2D eigenvalue weighted by Gasteiger charge is 2.08. The van der Waals surface area contributed by atoms with Gasteiger partial charge in [-0.3, -0.25) is 0 Å². The Morgan fingerprint density at radius 3 is 2.79 bits per heavy atom. The molecular formula is C16H25BrN2. The SMILES string of the molecule is Cc1ccc(Br)c(CNCCCN2CCCCC2)c1. The molecule has 1 aromatic rings. The van der Waals surface area contributed by atoms with E-state index >= 15 is 0 Å². The number of nitrogens with zero attached hydrogens (tertiary/aromatic N) is 1. The number of hydrogen-bond acceptors (Lipinski definition) is 2. The molecule has 0 aromatic heterocycles. The summed E-state index contributed by atoms with van der Waals surface area (Å²) in [6.07, 6.45) is 5.47. The van der Waals surface area contributed by atoms with Crippen LogP contribution in [0.3, 0.4) is 0 Å². The lowest BCUT2D eigenvalue weighted by atomic mass is 10.1. The molecule has 0 atom stereocenters. The maximum atomic E-state index is 3.61. The topological polar surface area (TPSA) is 15.3 Å². The first kappa shape index (κ1) is 15.0. The Kier molecular flexibility index (Phi) is 6.35. The van der Waals surface area contributed by atoms with Gasteiger partial charge in [-0.2, -0.15) is 0 Å². The van der Waals surface area contributed by atoms with Crippen LogP contribution in [0.4, 0.5) is 0 Å². The van der Waals surface area contributed by atoms with E-state index in [9.17, 15) is 0 Å². The molecule has 0 spiro atoms. The maximum absolute atomic E-state index is 3.61. The van der Waals surface area contributed by atoms with Gasteiger partial charge in [-0.25, -0.2) is 0 Å². The Morgan fingerprint density at radius 1 is 1.21 bits per heavy atom. The molecule has 1 aliphatic rings. The zero-order chi connectivity index (χ0) is 13.5. The minimum atomic E-state index is 0.961. The molecule has 1 saturated heterocycles. The second-order valence-electron chi connectivity index (χ2n) is 5.53. The number of likely N-dealkylation sites (tertiary alicyclic amines) is 1. The number of piperidine rings is 1. The number of benzene rings is 1. The molecule has 2 rings (SSSR count). The van der Waals surface area contributed by atoms with Crippen LogP contribution in [0, 0.1) is 6.92 Å². The lowest BCUT2D eigenvalue weighted by molar-refractivity contribution is 0.225. The van der Waals surface area contributed by atoms with Crippen molar-refractivity contribution in [1.82, 2.24) is 10.2 Å². The first-order valence-electron chi connectivity index (χ1n) is 7.44. The number of aryl methyl sites for hydroxylation is 1. The summed E-state index contributed by atoms with van der Waals surface area (Å²) in [5.41, 5.74) is 2.69. The van der Waals surface area contributed by atoms with Gasteiger partial charge in [-0.1, -0.05) is 40.0 Å². The normalized spacial score (nSPS) is 16.7. The van der Waals surface area contributed by atoms with E-state index < -0.39 is 0 Å². The Morgan fingerprint density at radius 2 is 2.00 bits per heavy atom. The van der Waals surface area contributed by atoms with E-state index in [-0.39, 0.29) is 0 Å². The zero-order valence-electron chi connectivity index (χ0n) is 11.9. The molecule has 0 amide bonds. The van der Waals surface area contributed by atoms with Crippen LogP contribution in [0.15, 0.2) is 22.7 Å². The van der Waals surface area contributed by atoms with Gasteiger partial charge in [0.25, 0.3) is 0 Å². The molecule has 1 aliphatic heterocycles. The lowest BCUT2D eigenvalue weighted by Crippen LogP contribution is -2.32. The number of hydrogen-bond donors (Lipinski definition) is 1. The molecule has 0 saturated carbocycles. The summed E-state index contributed by atoms with van der Waals surface area (Å²) in [7, 11) is 0. The first-order valence-corrected chi connectivity index (χ1v) is 8.23. The van der Waals surface area contributed by atoms with Crippen molar-refractivity contribution in [1.29, 1.82) is 0 Å². The summed E-state index contributed by atoms with van der Waals surface area (Å²) in [6, 6.07) is 6.53. The summed E-state index contributed by atoms with van der Waals surface area (Å²) in [4.78, 5) is 2.60. The molecule has 3 heteroatoms. The molecule has 0 bridgehead atoms. The lowest BCUT2D eigenvalue weighted by Gasteiger charge is -2.26. The average molecular weight is 325 g/mol. The Labute approximate surface area is 125 Å². The van der Waals surface area contributed by atoms with Gasteiger partial charge in [-0.05, 0) is 64.0 Å². The van der Waals surface area contributed by atoms with E-state index in [1.165, 1.54) is 60.9 Å². The van der Waals surface area contributed by atoms with E-state index in [4.69, 9.17) is 0 Å². The van der Waals surface area contributed by atoms with Gasteiger partial charge in [0.15, 0.2) is 0 Å². The van der Waals surface area contributed by atoms with Crippen LogP contribution in [0.1, 0.15) is 36.8 Å². The summed E-state index contributed by atoms with van der Waals surface area (Å²) in [6.45, 7) is 8.08. The quantitative estimate of drug-likeness (QED) is 0.802. The van der Waals surface area contributed by atoms with Gasteiger partial charge in [0, 0.05) is 11.0 Å². The number of halogens is 1. The molecule has 106 valence electrons. The van der Waals surface area contributed by atoms with Gasteiger partial charge in [0.05, 0.1) is 0 Å². The predicted molar refractivity (Wildman–Crippen MR) is 85.5 cm³/mol. The number of nitrogens with one attached hydrogen (secondary N) is 1. The first-order chi connectivity index (χ1) is 9.25. The van der Waals surface area contributed by atoms with Crippen molar-refractivity contribution >= 4 is 15.9 Å². The average Bonchev–Trinajstić information content (AvgIpc) is 2.43. The van der Waals surface area contributed by atoms with Gasteiger partial charge >= 0.3 is 0 Å². The fourth-order valence-electron chi connectivity index (χ4n) is 2.67. The third-order valence-electron chi connectivity index (χ3n) is 3.79. The highest BCUT2D eigenvalue weighted by Crippen LogP contribution is 2.17. The molecule has 1 heterocycles. The largest absolute Gasteiger partial charge is 0.313 e. The third-order valence-corrected chi connectivity index (χ3v) is 4.57. The fraction of sp³-hybridized carbons (Fsp3) is 0.625. The summed E-state index contributed by atoms with van der Waals surface area (Å²) in [5.74, 6) is 0. The van der Waals surface area contributed by atoms with E-state index in [2.05, 4.69) is 51.3 Å².